The Kier molecular flexibility index (Phi) is 11.9. The van der Waals surface area contributed by atoms with Crippen molar-refractivity contribution in [3.8, 4) is 0 Å². The van der Waals surface area contributed by atoms with Crippen LogP contribution in [0.2, 0.25) is 0 Å². The van der Waals surface area contributed by atoms with Crippen molar-refractivity contribution in [2.75, 3.05) is 0 Å². The van der Waals surface area contributed by atoms with E-state index in [0.717, 1.165) is 5.56 Å². The van der Waals surface area contributed by atoms with Gasteiger partial charge in [0.05, 0.1) is 24.9 Å². The lowest BCUT2D eigenvalue weighted by Gasteiger charge is -2.49. The van der Waals surface area contributed by atoms with Crippen molar-refractivity contribution in [2.45, 2.75) is 161 Å². The normalized spacial score (nSPS) is 42.5. The zero-order valence-electron chi connectivity index (χ0n) is 29.3. The third-order valence-corrected chi connectivity index (χ3v) is 9.68. The van der Waals surface area contributed by atoms with Gasteiger partial charge >= 0.3 is 11.9 Å². The first-order chi connectivity index (χ1) is 22.7. The Hall–Kier alpha value is -2.20. The van der Waals surface area contributed by atoms with Crippen LogP contribution in [0.4, 0.5) is 0 Å². The van der Waals surface area contributed by atoms with Gasteiger partial charge in [0.2, 0.25) is 0 Å². The lowest BCUT2D eigenvalue weighted by atomic mass is 9.82. The van der Waals surface area contributed by atoms with Gasteiger partial charge in [-0.05, 0) is 45.6 Å². The van der Waals surface area contributed by atoms with Gasteiger partial charge in [-0.1, -0.05) is 51.1 Å². The lowest BCUT2D eigenvalue weighted by Crippen LogP contribution is -2.65. The van der Waals surface area contributed by atoms with E-state index in [9.17, 15) is 14.7 Å². The topological polar surface area (TPSA) is 147 Å². The Labute approximate surface area is 282 Å². The average molecular weight is 681 g/mol. The largest absolute Gasteiger partial charge is 0.457 e. The molecule has 0 aromatic heterocycles. The maximum atomic E-state index is 12.5. The van der Waals surface area contributed by atoms with E-state index in [0.29, 0.717) is 6.42 Å². The van der Waals surface area contributed by atoms with Gasteiger partial charge < -0.3 is 52.5 Å². The van der Waals surface area contributed by atoms with Crippen molar-refractivity contribution in [2.24, 2.45) is 11.8 Å². The number of aliphatic hydroxyl groups excluding tert-OH is 1. The van der Waals surface area contributed by atoms with Crippen LogP contribution in [0.15, 0.2) is 30.3 Å². The second kappa shape index (κ2) is 15.4. The van der Waals surface area contributed by atoms with Crippen molar-refractivity contribution in [1.29, 1.82) is 0 Å². The van der Waals surface area contributed by atoms with Crippen LogP contribution >= 0.6 is 0 Å². The molecule has 0 aliphatic carbocycles. The number of esters is 2. The van der Waals surface area contributed by atoms with Crippen molar-refractivity contribution < 1.29 is 62.1 Å². The average Bonchev–Trinajstić information content (AvgIpc) is 3.37. The summed E-state index contributed by atoms with van der Waals surface area (Å²) < 4.78 is 62.3. The second-order valence-electron chi connectivity index (χ2n) is 13.8. The minimum absolute atomic E-state index is 0.0606. The van der Waals surface area contributed by atoms with E-state index in [1.165, 1.54) is 13.8 Å². The third kappa shape index (κ3) is 8.22. The number of benzene rings is 1. The monoisotopic (exact) mass is 680 g/mol. The summed E-state index contributed by atoms with van der Waals surface area (Å²) in [5.41, 5.74) is 0.930. The van der Waals surface area contributed by atoms with E-state index in [2.05, 4.69) is 0 Å². The van der Waals surface area contributed by atoms with E-state index < -0.39 is 91.5 Å². The summed E-state index contributed by atoms with van der Waals surface area (Å²) in [6.07, 6.45) is -10.6. The molecular weight excluding hydrogens is 628 g/mol. The smallest absolute Gasteiger partial charge is 0.303 e. The van der Waals surface area contributed by atoms with E-state index in [4.69, 9.17) is 47.4 Å². The molecule has 1 aromatic carbocycles. The van der Waals surface area contributed by atoms with Gasteiger partial charge in [0, 0.05) is 19.8 Å². The Morgan fingerprint density at radius 1 is 0.750 bits per heavy atom. The van der Waals surface area contributed by atoms with E-state index >= 15 is 0 Å². The molecule has 4 aliphatic rings. The maximum Gasteiger partial charge on any atom is 0.303 e. The first-order valence-electron chi connectivity index (χ1n) is 17.0. The number of carbonyl (C=O) groups is 2. The molecule has 4 saturated heterocycles. The fourth-order valence-corrected chi connectivity index (χ4v) is 7.05. The molecule has 48 heavy (non-hydrogen) atoms. The summed E-state index contributed by atoms with van der Waals surface area (Å²) in [5.74, 6) is -2.14. The quantitative estimate of drug-likeness (QED) is 0.359. The van der Waals surface area contributed by atoms with Gasteiger partial charge in [-0.25, -0.2) is 0 Å². The molecule has 1 N–H and O–H groups in total. The molecular formula is C35H52O13. The number of hydrogen-bond donors (Lipinski definition) is 1. The van der Waals surface area contributed by atoms with Crippen molar-refractivity contribution >= 4 is 11.9 Å². The lowest BCUT2D eigenvalue weighted by molar-refractivity contribution is -0.375. The number of rotatable bonds is 10. The highest BCUT2D eigenvalue weighted by Crippen LogP contribution is 2.42. The zero-order valence-corrected chi connectivity index (χ0v) is 29.3. The first-order valence-corrected chi connectivity index (χ1v) is 17.0. The predicted molar refractivity (Wildman–Crippen MR) is 168 cm³/mol. The maximum absolute atomic E-state index is 12.5. The van der Waals surface area contributed by atoms with Crippen molar-refractivity contribution in [3.63, 3.8) is 0 Å². The molecule has 270 valence electrons. The van der Waals surface area contributed by atoms with Crippen molar-refractivity contribution in [3.05, 3.63) is 35.9 Å². The Bertz CT molecular complexity index is 1230. The highest BCUT2D eigenvalue weighted by atomic mass is 16.8. The van der Waals surface area contributed by atoms with Crippen LogP contribution < -0.4 is 0 Å². The first kappa shape index (κ1) is 37.1. The van der Waals surface area contributed by atoms with Gasteiger partial charge in [-0.2, -0.15) is 0 Å². The summed E-state index contributed by atoms with van der Waals surface area (Å²) in [5, 5.41) is 11.4. The van der Waals surface area contributed by atoms with Crippen LogP contribution in [0.3, 0.4) is 0 Å². The number of fused-ring (bicyclic) bond motifs is 1. The van der Waals surface area contributed by atoms with Gasteiger partial charge in [-0.15, -0.1) is 0 Å². The van der Waals surface area contributed by atoms with Crippen LogP contribution in [0.5, 0.6) is 0 Å². The fraction of sp³-hybridized carbons (Fsp3) is 0.771. The van der Waals surface area contributed by atoms with Crippen LogP contribution in [0, 0.1) is 11.8 Å². The highest BCUT2D eigenvalue weighted by molar-refractivity contribution is 5.66. The van der Waals surface area contributed by atoms with Crippen LogP contribution in [0.25, 0.3) is 0 Å². The summed E-state index contributed by atoms with van der Waals surface area (Å²) in [7, 11) is 0. The molecule has 0 bridgehead atoms. The van der Waals surface area contributed by atoms with Gasteiger partial charge in [0.25, 0.3) is 0 Å². The minimum atomic E-state index is -1.27. The summed E-state index contributed by atoms with van der Waals surface area (Å²) in [6, 6.07) is 9.64. The molecule has 4 aliphatic heterocycles. The van der Waals surface area contributed by atoms with Crippen LogP contribution in [-0.4, -0.2) is 103 Å². The molecule has 0 saturated carbocycles. The van der Waals surface area contributed by atoms with Gasteiger partial charge in [0.1, 0.15) is 30.5 Å². The van der Waals surface area contributed by atoms with Crippen molar-refractivity contribution in [1.82, 2.24) is 0 Å². The number of aliphatic hydroxyl groups is 1. The molecule has 4 heterocycles. The highest BCUT2D eigenvalue weighted by Gasteiger charge is 2.58. The molecule has 15 atom stereocenters. The SMILES string of the molecule is CCC1O[C@@H](O[C@@H]2C(OC(C)=O)[C@H](O[C@@H]3C(OCc4ccccc4)OC(C)[C@@H]4OC(C)(C)OC34)OC(C)[C@@H]2O)[C@@H](OC(C)=O)C(C)[C@@H]1C. The standard InChI is InChI=1S/C35H52O13/c1-10-24-17(2)18(3)26(42-21(6)36)33(44-24)45-28-25(38)19(4)40-34(30(28)43-22(7)37)46-31-29-27(47-35(8,9)48-29)20(5)41-32(31)39-16-23-14-12-11-13-15-23/h11-15,17-20,24-34,38H,10,16H2,1-9H3/t17-,18?,19?,20?,24?,25-,26-,27-,28-,29?,30?,31-,32?,33-,34-/m0/s1. The Balaban J connectivity index is 1.44. The molecule has 5 rings (SSSR count). The van der Waals surface area contributed by atoms with Crippen LogP contribution in [0.1, 0.15) is 74.3 Å². The third-order valence-electron chi connectivity index (χ3n) is 9.68. The Morgan fingerprint density at radius 3 is 1.98 bits per heavy atom. The number of hydrogen-bond acceptors (Lipinski definition) is 13. The van der Waals surface area contributed by atoms with Gasteiger partial charge in [-0.3, -0.25) is 9.59 Å². The molecule has 0 spiro atoms. The molecule has 13 nitrogen and oxygen atoms in total. The molecule has 0 radical (unpaired) electrons. The molecule has 1 aromatic rings. The summed E-state index contributed by atoms with van der Waals surface area (Å²) in [4.78, 5) is 24.7. The number of carbonyl (C=O) groups excluding carboxylic acids is 2. The molecule has 13 heteroatoms. The summed E-state index contributed by atoms with van der Waals surface area (Å²) in [6.45, 7) is 16.0. The molecule has 4 fully saturated rings. The number of ether oxygens (including phenoxy) is 10. The van der Waals surface area contributed by atoms with E-state index in [1.54, 1.807) is 6.92 Å². The Morgan fingerprint density at radius 2 is 1.33 bits per heavy atom. The zero-order chi connectivity index (χ0) is 34.9. The van der Waals surface area contributed by atoms with E-state index in [1.807, 2.05) is 71.9 Å². The molecule has 0 amide bonds. The van der Waals surface area contributed by atoms with Crippen LogP contribution in [-0.2, 0) is 63.6 Å². The summed E-state index contributed by atoms with van der Waals surface area (Å²) >= 11 is 0. The minimum Gasteiger partial charge on any atom is -0.457 e. The predicted octanol–water partition coefficient (Wildman–Crippen LogP) is 3.61. The molecule has 7 unspecified atom stereocenters. The van der Waals surface area contributed by atoms with E-state index in [-0.39, 0.29) is 24.5 Å². The van der Waals surface area contributed by atoms with Gasteiger partial charge in [0.15, 0.2) is 36.9 Å². The fourth-order valence-electron chi connectivity index (χ4n) is 7.05. The second-order valence-corrected chi connectivity index (χ2v) is 13.8.